The van der Waals surface area contributed by atoms with Crippen LogP contribution in [-0.4, -0.2) is 41.9 Å². The number of hydroxylamine groups is 1. The van der Waals surface area contributed by atoms with E-state index < -0.39 is 15.7 Å². The van der Waals surface area contributed by atoms with Crippen LogP contribution in [0, 0.1) is 5.41 Å². The van der Waals surface area contributed by atoms with Crippen LogP contribution in [0.5, 0.6) is 0 Å². The number of hydrogen-bond donors (Lipinski definition) is 5. The van der Waals surface area contributed by atoms with Crippen LogP contribution in [0.1, 0.15) is 25.0 Å². The molecule has 1 aliphatic rings. The molecule has 1 saturated carbocycles. The SMILES string of the molecule is N=C(c1nonc1NCCC1(NS(N)(=O)=O)CC1)N(O)c1cccc(Br)c1. The minimum absolute atomic E-state index is 0.0155. The Morgan fingerprint density at radius 3 is 2.81 bits per heavy atom. The summed E-state index contributed by atoms with van der Waals surface area (Å²) in [5.41, 5.74) is -0.176. The third-order valence-corrected chi connectivity index (χ3v) is 5.30. The lowest BCUT2D eigenvalue weighted by molar-refractivity contribution is 0.300. The zero-order valence-electron chi connectivity index (χ0n) is 14.0. The first-order valence-corrected chi connectivity index (χ1v) is 10.2. The number of nitrogens with zero attached hydrogens (tertiary/aromatic N) is 3. The van der Waals surface area contributed by atoms with E-state index in [0.29, 0.717) is 36.6 Å². The normalized spacial score (nSPS) is 15.4. The summed E-state index contributed by atoms with van der Waals surface area (Å²) in [5.74, 6) is -0.166. The fourth-order valence-corrected chi connectivity index (χ4v) is 3.87. The monoisotopic (exact) mass is 459 g/mol. The van der Waals surface area contributed by atoms with Crippen LogP contribution < -0.4 is 20.2 Å². The number of hydrogen-bond acceptors (Lipinski definition) is 8. The number of aromatic nitrogens is 2. The maximum absolute atomic E-state index is 11.2. The molecule has 0 spiro atoms. The van der Waals surface area contributed by atoms with Crippen LogP contribution in [0.15, 0.2) is 33.4 Å². The molecule has 1 fully saturated rings. The van der Waals surface area contributed by atoms with Gasteiger partial charge in [0.05, 0.1) is 5.69 Å². The van der Waals surface area contributed by atoms with Crippen molar-refractivity contribution in [1.82, 2.24) is 15.0 Å². The van der Waals surface area contributed by atoms with Crippen LogP contribution >= 0.6 is 15.9 Å². The Kier molecular flexibility index (Phi) is 5.48. The maximum Gasteiger partial charge on any atom is 0.274 e. The molecular formula is C14H18BrN7O4S. The van der Waals surface area contributed by atoms with Gasteiger partial charge in [0.2, 0.25) is 5.82 Å². The quantitative estimate of drug-likeness (QED) is 0.222. The first-order chi connectivity index (χ1) is 12.7. The van der Waals surface area contributed by atoms with Gasteiger partial charge < -0.3 is 5.32 Å². The van der Waals surface area contributed by atoms with E-state index in [1.54, 1.807) is 24.3 Å². The van der Waals surface area contributed by atoms with Crippen molar-refractivity contribution in [2.75, 3.05) is 16.9 Å². The summed E-state index contributed by atoms with van der Waals surface area (Å²) in [5, 5.41) is 34.4. The molecule has 3 rings (SSSR count). The van der Waals surface area contributed by atoms with E-state index in [0.717, 1.165) is 4.47 Å². The van der Waals surface area contributed by atoms with Crippen molar-refractivity contribution < 1.29 is 18.3 Å². The number of halogens is 1. The Balaban J connectivity index is 1.63. The zero-order valence-corrected chi connectivity index (χ0v) is 16.4. The zero-order chi connectivity index (χ0) is 19.7. The second kappa shape index (κ2) is 7.52. The average molecular weight is 460 g/mol. The summed E-state index contributed by atoms with van der Waals surface area (Å²) >= 11 is 3.30. The van der Waals surface area contributed by atoms with E-state index >= 15 is 0 Å². The highest BCUT2D eigenvalue weighted by atomic mass is 79.9. The lowest BCUT2D eigenvalue weighted by atomic mass is 10.2. The van der Waals surface area contributed by atoms with E-state index in [4.69, 9.17) is 10.5 Å². The molecule has 6 N–H and O–H groups in total. The first-order valence-electron chi connectivity index (χ1n) is 7.91. The maximum atomic E-state index is 11.2. The van der Waals surface area contributed by atoms with E-state index in [1.807, 2.05) is 0 Å². The molecule has 13 heteroatoms. The van der Waals surface area contributed by atoms with Gasteiger partial charge in [0.25, 0.3) is 10.2 Å². The molecule has 1 heterocycles. The fraction of sp³-hybridized carbons (Fsp3) is 0.357. The molecule has 0 atom stereocenters. The average Bonchev–Trinajstić information content (AvgIpc) is 3.16. The van der Waals surface area contributed by atoms with E-state index in [-0.39, 0.29) is 17.3 Å². The number of nitrogens with two attached hydrogens (primary N) is 1. The standard InChI is InChI=1S/C14H18BrN7O4S/c15-9-2-1-3-10(8-9)22(23)12(16)11-13(20-26-19-11)18-7-6-14(4-5-14)21-27(17,24)25/h1-3,8,16,21,23H,4-7H2,(H,18,20)(H2,17,24,25). The fourth-order valence-electron chi connectivity index (χ4n) is 2.57. The predicted molar refractivity (Wildman–Crippen MR) is 101 cm³/mol. The van der Waals surface area contributed by atoms with Gasteiger partial charge in [0.15, 0.2) is 11.5 Å². The van der Waals surface area contributed by atoms with Gasteiger partial charge in [-0.25, -0.2) is 14.8 Å². The summed E-state index contributed by atoms with van der Waals surface area (Å²) in [6, 6.07) is 6.75. The molecule has 11 nitrogen and oxygen atoms in total. The molecular weight excluding hydrogens is 442 g/mol. The van der Waals surface area contributed by atoms with Crippen LogP contribution in [0.2, 0.25) is 0 Å². The Morgan fingerprint density at radius 2 is 2.19 bits per heavy atom. The Labute approximate surface area is 163 Å². The van der Waals surface area contributed by atoms with Gasteiger partial charge in [-0.05, 0) is 47.8 Å². The summed E-state index contributed by atoms with van der Waals surface area (Å²) in [6.07, 6.45) is 1.86. The summed E-state index contributed by atoms with van der Waals surface area (Å²) in [6.45, 7) is 0.347. The smallest absolute Gasteiger partial charge is 0.274 e. The third kappa shape index (κ3) is 5.01. The van der Waals surface area contributed by atoms with Gasteiger partial charge in [-0.15, -0.1) is 0 Å². The van der Waals surface area contributed by atoms with Gasteiger partial charge >= 0.3 is 0 Å². The number of benzene rings is 1. The highest BCUT2D eigenvalue weighted by Crippen LogP contribution is 2.39. The van der Waals surface area contributed by atoms with Crippen LogP contribution in [0.3, 0.4) is 0 Å². The highest BCUT2D eigenvalue weighted by Gasteiger charge is 2.44. The molecule has 2 aromatic rings. The van der Waals surface area contributed by atoms with Gasteiger partial charge in [0, 0.05) is 16.6 Å². The Morgan fingerprint density at radius 1 is 1.44 bits per heavy atom. The minimum atomic E-state index is -3.77. The molecule has 0 unspecified atom stereocenters. The van der Waals surface area contributed by atoms with Crippen LogP contribution in [-0.2, 0) is 10.2 Å². The van der Waals surface area contributed by atoms with Crippen molar-refractivity contribution in [2.24, 2.45) is 5.14 Å². The third-order valence-electron chi connectivity index (χ3n) is 4.09. The second-order valence-corrected chi connectivity index (χ2v) is 8.42. The molecule has 0 saturated heterocycles. The van der Waals surface area contributed by atoms with E-state index in [9.17, 15) is 13.6 Å². The number of rotatable bonds is 8. The van der Waals surface area contributed by atoms with Crippen molar-refractivity contribution in [3.8, 4) is 0 Å². The topological polar surface area (TPSA) is 170 Å². The number of nitrogens with one attached hydrogen (secondary N) is 3. The molecule has 1 aromatic carbocycles. The number of anilines is 2. The summed E-state index contributed by atoms with van der Waals surface area (Å²) < 4.78 is 30.2. The van der Waals surface area contributed by atoms with Crippen molar-refractivity contribution in [1.29, 1.82) is 5.41 Å². The van der Waals surface area contributed by atoms with E-state index in [2.05, 4.69) is 40.9 Å². The van der Waals surface area contributed by atoms with Gasteiger partial charge in [-0.3, -0.25) is 10.6 Å². The first kappa shape index (κ1) is 19.7. The highest BCUT2D eigenvalue weighted by molar-refractivity contribution is 9.10. The Hall–Kier alpha value is -2.06. The predicted octanol–water partition coefficient (Wildman–Crippen LogP) is 1.18. The van der Waals surface area contributed by atoms with Gasteiger partial charge in [0.1, 0.15) is 0 Å². The molecule has 1 aliphatic carbocycles. The lowest BCUT2D eigenvalue weighted by Crippen LogP contribution is -2.42. The van der Waals surface area contributed by atoms with Gasteiger partial charge in [-0.2, -0.15) is 13.1 Å². The summed E-state index contributed by atoms with van der Waals surface area (Å²) in [4.78, 5) is 0. The van der Waals surface area contributed by atoms with Crippen molar-refractivity contribution >= 4 is 43.5 Å². The van der Waals surface area contributed by atoms with Crippen LogP contribution in [0.25, 0.3) is 0 Å². The molecule has 27 heavy (non-hydrogen) atoms. The molecule has 0 aliphatic heterocycles. The summed E-state index contributed by atoms with van der Waals surface area (Å²) in [7, 11) is -3.77. The molecule has 146 valence electrons. The van der Waals surface area contributed by atoms with Crippen molar-refractivity contribution in [2.45, 2.75) is 24.8 Å². The molecule has 0 radical (unpaired) electrons. The molecule has 1 aromatic heterocycles. The van der Waals surface area contributed by atoms with Crippen molar-refractivity contribution in [3.63, 3.8) is 0 Å². The Bertz CT molecular complexity index is 944. The van der Waals surface area contributed by atoms with Crippen LogP contribution in [0.4, 0.5) is 11.5 Å². The largest absolute Gasteiger partial charge is 0.365 e. The lowest BCUT2D eigenvalue weighted by Gasteiger charge is -2.17. The minimum Gasteiger partial charge on any atom is -0.365 e. The molecule has 0 amide bonds. The molecule has 0 bridgehead atoms. The van der Waals surface area contributed by atoms with Gasteiger partial charge in [-0.1, -0.05) is 22.0 Å². The second-order valence-electron chi connectivity index (χ2n) is 6.21. The van der Waals surface area contributed by atoms with Crippen molar-refractivity contribution in [3.05, 3.63) is 34.4 Å². The van der Waals surface area contributed by atoms with E-state index in [1.165, 1.54) is 0 Å². The number of amidine groups is 1.